The molecule has 0 aromatic heterocycles. The number of amides is 2. The lowest BCUT2D eigenvalue weighted by molar-refractivity contribution is -0.117. The lowest BCUT2D eigenvalue weighted by atomic mass is 10.1. The van der Waals surface area contributed by atoms with E-state index in [1.165, 1.54) is 6.21 Å². The average molecular weight is 549 g/mol. The fourth-order valence-electron chi connectivity index (χ4n) is 3.80. The number of nitrogens with one attached hydrogen (secondary N) is 2. The highest BCUT2D eigenvalue weighted by Gasteiger charge is 2.16. The number of benzene rings is 3. The predicted molar refractivity (Wildman–Crippen MR) is 157 cm³/mol. The molecule has 0 aliphatic heterocycles. The number of nitrogens with zero attached hydrogens (tertiary/aromatic N) is 2. The Balaban J connectivity index is 1.85. The van der Waals surface area contributed by atoms with E-state index < -0.39 is 11.8 Å². The maximum Gasteiger partial charge on any atom is 0.287 e. The highest BCUT2D eigenvalue weighted by molar-refractivity contribution is 6.34. The summed E-state index contributed by atoms with van der Waals surface area (Å²) < 4.78 is 10.9. The van der Waals surface area contributed by atoms with Gasteiger partial charge in [-0.2, -0.15) is 5.10 Å². The van der Waals surface area contributed by atoms with Crippen molar-refractivity contribution in [2.75, 3.05) is 31.7 Å². The van der Waals surface area contributed by atoms with Gasteiger partial charge in [0.2, 0.25) is 0 Å². The Morgan fingerprint density at radius 2 is 1.64 bits per heavy atom. The van der Waals surface area contributed by atoms with Crippen molar-refractivity contribution in [3.05, 3.63) is 94.1 Å². The molecule has 0 unspecified atom stereocenters. The maximum atomic E-state index is 13.1. The van der Waals surface area contributed by atoms with Gasteiger partial charge in [0.05, 0.1) is 30.5 Å². The van der Waals surface area contributed by atoms with Gasteiger partial charge in [0.15, 0.2) is 11.5 Å². The molecule has 0 saturated heterocycles. The first-order valence-corrected chi connectivity index (χ1v) is 13.0. The van der Waals surface area contributed by atoms with E-state index >= 15 is 0 Å². The number of carbonyl (C=O) groups excluding carboxylic acids is 2. The molecule has 0 fully saturated rings. The molecule has 0 spiro atoms. The van der Waals surface area contributed by atoms with Crippen molar-refractivity contribution in [1.82, 2.24) is 10.7 Å². The van der Waals surface area contributed by atoms with Crippen molar-refractivity contribution >= 4 is 41.4 Å². The molecule has 0 saturated carbocycles. The van der Waals surface area contributed by atoms with Gasteiger partial charge >= 0.3 is 0 Å². The third kappa shape index (κ3) is 8.09. The van der Waals surface area contributed by atoms with Crippen LogP contribution >= 0.6 is 11.6 Å². The molecule has 0 aliphatic carbocycles. The van der Waals surface area contributed by atoms with Gasteiger partial charge < -0.3 is 19.7 Å². The predicted octanol–water partition coefficient (Wildman–Crippen LogP) is 5.51. The van der Waals surface area contributed by atoms with Crippen LogP contribution in [0.3, 0.4) is 0 Å². The molecule has 2 amide bonds. The van der Waals surface area contributed by atoms with E-state index in [1.807, 2.05) is 31.2 Å². The number of hydrazone groups is 1. The second-order valence-corrected chi connectivity index (χ2v) is 8.71. The summed E-state index contributed by atoms with van der Waals surface area (Å²) in [4.78, 5) is 28.3. The molecular weight excluding hydrogens is 516 g/mol. The molecule has 8 nitrogen and oxygen atoms in total. The van der Waals surface area contributed by atoms with Crippen molar-refractivity contribution in [3.8, 4) is 11.5 Å². The van der Waals surface area contributed by atoms with Crippen LogP contribution in [0.1, 0.15) is 42.3 Å². The zero-order chi connectivity index (χ0) is 28.2. The highest BCUT2D eigenvalue weighted by Crippen LogP contribution is 2.27. The summed E-state index contributed by atoms with van der Waals surface area (Å²) in [5, 5.41) is 7.03. The SMILES string of the molecule is CCOc1cc(/C=N\NC(=O)/C(=C\c2ccc(N(CC)CC)cc2)NC(=O)c2ccccc2Cl)ccc1OC. The first kappa shape index (κ1) is 29.3. The van der Waals surface area contributed by atoms with Crippen LogP contribution in [-0.4, -0.2) is 44.8 Å². The monoisotopic (exact) mass is 548 g/mol. The number of ether oxygens (including phenoxy) is 2. The summed E-state index contributed by atoms with van der Waals surface area (Å²) in [6.07, 6.45) is 3.07. The van der Waals surface area contributed by atoms with Gasteiger partial charge in [0.1, 0.15) is 5.70 Å². The van der Waals surface area contributed by atoms with E-state index in [9.17, 15) is 9.59 Å². The van der Waals surface area contributed by atoms with Gasteiger partial charge in [-0.1, -0.05) is 35.9 Å². The fraction of sp³-hybridized carbons (Fsp3) is 0.233. The zero-order valence-corrected chi connectivity index (χ0v) is 23.3. The Kier molecular flexibility index (Phi) is 10.9. The van der Waals surface area contributed by atoms with Gasteiger partial charge in [-0.05, 0) is 80.4 Å². The Morgan fingerprint density at radius 1 is 0.949 bits per heavy atom. The topological polar surface area (TPSA) is 92.3 Å². The molecule has 0 aliphatic rings. The molecule has 0 bridgehead atoms. The van der Waals surface area contributed by atoms with Crippen molar-refractivity contribution in [3.63, 3.8) is 0 Å². The Hall–Kier alpha value is -4.30. The summed E-state index contributed by atoms with van der Waals surface area (Å²) in [6, 6.07) is 19.6. The first-order valence-electron chi connectivity index (χ1n) is 12.7. The van der Waals surface area contributed by atoms with Crippen LogP contribution in [0.25, 0.3) is 6.08 Å². The first-order chi connectivity index (χ1) is 18.9. The van der Waals surface area contributed by atoms with Crippen molar-refractivity contribution < 1.29 is 19.1 Å². The van der Waals surface area contributed by atoms with Crippen molar-refractivity contribution in [2.45, 2.75) is 20.8 Å². The number of hydrogen-bond donors (Lipinski definition) is 2. The minimum absolute atomic E-state index is 0.0115. The van der Waals surface area contributed by atoms with E-state index in [0.717, 1.165) is 24.3 Å². The van der Waals surface area contributed by atoms with Gasteiger partial charge in [0, 0.05) is 18.8 Å². The van der Waals surface area contributed by atoms with Crippen LogP contribution in [0.4, 0.5) is 5.69 Å². The van der Waals surface area contributed by atoms with Crippen LogP contribution in [0.2, 0.25) is 5.02 Å². The molecule has 204 valence electrons. The van der Waals surface area contributed by atoms with Gasteiger partial charge in [-0.3, -0.25) is 9.59 Å². The third-order valence-electron chi connectivity index (χ3n) is 5.81. The van der Waals surface area contributed by atoms with Gasteiger partial charge in [0.25, 0.3) is 11.8 Å². The lowest BCUT2D eigenvalue weighted by Gasteiger charge is -2.21. The number of carbonyl (C=O) groups is 2. The molecule has 9 heteroatoms. The lowest BCUT2D eigenvalue weighted by Crippen LogP contribution is -2.33. The molecule has 3 aromatic rings. The maximum absolute atomic E-state index is 13.1. The highest BCUT2D eigenvalue weighted by atomic mass is 35.5. The molecule has 2 N–H and O–H groups in total. The smallest absolute Gasteiger partial charge is 0.287 e. The number of rotatable bonds is 12. The number of halogens is 1. The molecular formula is C30H33ClN4O4. The quantitative estimate of drug-likeness (QED) is 0.177. The van der Waals surface area contributed by atoms with Crippen LogP contribution < -0.4 is 25.1 Å². The normalized spacial score (nSPS) is 11.3. The molecule has 0 radical (unpaired) electrons. The minimum atomic E-state index is -0.599. The standard InChI is InChI=1S/C30H33ClN4O4/c1-5-35(6-2)23-15-12-21(13-16-23)18-26(33-29(36)24-10-8-9-11-25(24)31)30(37)34-32-20-22-14-17-27(38-4)28(19-22)39-7-3/h8-20H,5-7H2,1-4H3,(H,33,36)(H,34,37)/b26-18+,32-20-. The van der Waals surface area contributed by atoms with E-state index in [1.54, 1.807) is 55.7 Å². The number of methoxy groups -OCH3 is 1. The van der Waals surface area contributed by atoms with Gasteiger partial charge in [-0.25, -0.2) is 5.43 Å². The number of anilines is 1. The van der Waals surface area contributed by atoms with Crippen LogP contribution in [0.15, 0.2) is 77.5 Å². The molecule has 3 rings (SSSR count). The van der Waals surface area contributed by atoms with E-state index in [4.69, 9.17) is 21.1 Å². The van der Waals surface area contributed by atoms with Crippen LogP contribution in [0.5, 0.6) is 11.5 Å². The van der Waals surface area contributed by atoms with Crippen LogP contribution in [-0.2, 0) is 4.79 Å². The molecule has 0 heterocycles. The van der Waals surface area contributed by atoms with E-state index in [0.29, 0.717) is 23.7 Å². The second kappa shape index (κ2) is 14.6. The Morgan fingerprint density at radius 3 is 2.28 bits per heavy atom. The summed E-state index contributed by atoms with van der Waals surface area (Å²) >= 11 is 6.20. The molecule has 0 atom stereocenters. The second-order valence-electron chi connectivity index (χ2n) is 8.30. The van der Waals surface area contributed by atoms with Crippen molar-refractivity contribution in [1.29, 1.82) is 0 Å². The third-order valence-corrected chi connectivity index (χ3v) is 6.14. The summed E-state index contributed by atoms with van der Waals surface area (Å²) in [7, 11) is 1.56. The van der Waals surface area contributed by atoms with Crippen LogP contribution in [0, 0.1) is 0 Å². The molecule has 39 heavy (non-hydrogen) atoms. The van der Waals surface area contributed by atoms with E-state index in [2.05, 4.69) is 34.6 Å². The minimum Gasteiger partial charge on any atom is -0.493 e. The zero-order valence-electron chi connectivity index (χ0n) is 22.5. The number of hydrogen-bond acceptors (Lipinski definition) is 6. The van der Waals surface area contributed by atoms with E-state index in [-0.39, 0.29) is 16.3 Å². The largest absolute Gasteiger partial charge is 0.493 e. The Labute approximate surface area is 234 Å². The summed E-state index contributed by atoms with van der Waals surface area (Å²) in [5.74, 6) is 0.0499. The summed E-state index contributed by atoms with van der Waals surface area (Å²) in [5.41, 5.74) is 5.24. The van der Waals surface area contributed by atoms with Gasteiger partial charge in [-0.15, -0.1) is 0 Å². The van der Waals surface area contributed by atoms with Crippen molar-refractivity contribution in [2.24, 2.45) is 5.10 Å². The average Bonchev–Trinajstić information content (AvgIpc) is 2.94. The fourth-order valence-corrected chi connectivity index (χ4v) is 4.02. The molecule has 3 aromatic carbocycles. The summed E-state index contributed by atoms with van der Waals surface area (Å²) in [6.45, 7) is 8.30. The Bertz CT molecular complexity index is 1340.